The number of rotatable bonds is 5. The second-order valence-electron chi connectivity index (χ2n) is 8.90. The van der Waals surface area contributed by atoms with Crippen LogP contribution in [-0.4, -0.2) is 38.7 Å². The molecule has 0 bridgehead atoms. The molecule has 1 saturated heterocycles. The molecule has 1 aromatic heterocycles. The monoisotopic (exact) mass is 437 g/mol. The topological polar surface area (TPSA) is 75.4 Å². The number of piperidine rings is 1. The van der Waals surface area contributed by atoms with Crippen LogP contribution in [0, 0.1) is 11.7 Å². The minimum absolute atomic E-state index is 0.0457. The van der Waals surface area contributed by atoms with Crippen molar-refractivity contribution >= 4 is 17.0 Å². The lowest BCUT2D eigenvalue weighted by Gasteiger charge is -2.31. The Labute approximate surface area is 186 Å². The number of aromatic nitrogens is 2. The van der Waals surface area contributed by atoms with E-state index in [0.717, 1.165) is 18.4 Å². The summed E-state index contributed by atoms with van der Waals surface area (Å²) in [6.07, 6.45) is 1.14. The Bertz CT molecular complexity index is 1200. The average molecular weight is 438 g/mol. The van der Waals surface area contributed by atoms with Gasteiger partial charge in [0.25, 0.3) is 5.56 Å². The maximum atomic E-state index is 14.1. The van der Waals surface area contributed by atoms with Gasteiger partial charge >= 0.3 is 6.09 Å². The predicted molar refractivity (Wildman–Crippen MR) is 122 cm³/mol. The zero-order valence-electron chi connectivity index (χ0n) is 18.4. The molecule has 3 aromatic rings. The van der Waals surface area contributed by atoms with E-state index >= 15 is 0 Å². The molecule has 0 spiro atoms. The van der Waals surface area contributed by atoms with E-state index in [2.05, 4.69) is 0 Å². The fraction of sp³-hybridized carbons (Fsp3) is 0.400. The lowest BCUT2D eigenvalue weighted by molar-refractivity contribution is 0.116. The lowest BCUT2D eigenvalue weighted by Crippen LogP contribution is -2.41. The van der Waals surface area contributed by atoms with Crippen molar-refractivity contribution in [1.29, 1.82) is 0 Å². The quantitative estimate of drug-likeness (QED) is 0.631. The fourth-order valence-electron chi connectivity index (χ4n) is 4.52. The molecule has 2 heterocycles. The largest absolute Gasteiger partial charge is 0.465 e. The Morgan fingerprint density at radius 3 is 2.75 bits per heavy atom. The van der Waals surface area contributed by atoms with E-state index in [9.17, 15) is 19.1 Å². The zero-order chi connectivity index (χ0) is 22.8. The molecular weight excluding hydrogens is 409 g/mol. The van der Waals surface area contributed by atoms with Crippen molar-refractivity contribution in [3.05, 3.63) is 75.6 Å². The SMILES string of the molecule is CC(C)c1nc2ccc(Cc3ccccc3F)cc2c(=O)n1C[C@@H]1CCCN(C(=O)O)C1. The molecule has 0 aliphatic carbocycles. The van der Waals surface area contributed by atoms with Gasteiger partial charge in [-0.25, -0.2) is 14.2 Å². The first-order valence-corrected chi connectivity index (χ1v) is 11.1. The summed E-state index contributed by atoms with van der Waals surface area (Å²) in [6.45, 7) is 5.40. The summed E-state index contributed by atoms with van der Waals surface area (Å²) >= 11 is 0. The molecule has 2 aromatic carbocycles. The van der Waals surface area contributed by atoms with Crippen molar-refractivity contribution in [2.75, 3.05) is 13.1 Å². The summed E-state index contributed by atoms with van der Waals surface area (Å²) in [7, 11) is 0. The molecule has 168 valence electrons. The first-order chi connectivity index (χ1) is 15.3. The Hall–Kier alpha value is -3.22. The van der Waals surface area contributed by atoms with Gasteiger partial charge in [-0.2, -0.15) is 0 Å². The highest BCUT2D eigenvalue weighted by Crippen LogP contribution is 2.23. The molecule has 1 N–H and O–H groups in total. The summed E-state index contributed by atoms with van der Waals surface area (Å²) in [5.41, 5.74) is 1.93. The molecule has 0 unspecified atom stereocenters. The summed E-state index contributed by atoms with van der Waals surface area (Å²) < 4.78 is 15.8. The second-order valence-corrected chi connectivity index (χ2v) is 8.90. The first-order valence-electron chi connectivity index (χ1n) is 11.1. The van der Waals surface area contributed by atoms with Gasteiger partial charge in [-0.15, -0.1) is 0 Å². The van der Waals surface area contributed by atoms with E-state index in [0.29, 0.717) is 48.3 Å². The number of hydrogen-bond donors (Lipinski definition) is 1. The van der Waals surface area contributed by atoms with Gasteiger partial charge in [-0.05, 0) is 48.1 Å². The number of likely N-dealkylation sites (tertiary alicyclic amines) is 1. The second kappa shape index (κ2) is 9.10. The normalized spacial score (nSPS) is 16.6. The summed E-state index contributed by atoms with van der Waals surface area (Å²) in [5, 5.41) is 9.86. The summed E-state index contributed by atoms with van der Waals surface area (Å²) in [4.78, 5) is 31.1. The van der Waals surface area contributed by atoms with Gasteiger partial charge in [0.15, 0.2) is 0 Å². The molecule has 1 atom stereocenters. The highest BCUT2D eigenvalue weighted by atomic mass is 19.1. The van der Waals surface area contributed by atoms with Gasteiger partial charge < -0.3 is 10.0 Å². The van der Waals surface area contributed by atoms with E-state index < -0.39 is 6.09 Å². The third-order valence-electron chi connectivity index (χ3n) is 6.15. The van der Waals surface area contributed by atoms with Crippen LogP contribution in [0.3, 0.4) is 0 Å². The molecule has 7 heteroatoms. The summed E-state index contributed by atoms with van der Waals surface area (Å²) in [5.74, 6) is 0.552. The highest BCUT2D eigenvalue weighted by Gasteiger charge is 2.25. The number of nitrogens with zero attached hydrogens (tertiary/aromatic N) is 3. The van der Waals surface area contributed by atoms with Gasteiger partial charge in [0.05, 0.1) is 10.9 Å². The smallest absolute Gasteiger partial charge is 0.407 e. The van der Waals surface area contributed by atoms with Crippen LogP contribution < -0.4 is 5.56 Å². The van der Waals surface area contributed by atoms with Crippen molar-refractivity contribution in [2.45, 2.75) is 45.6 Å². The van der Waals surface area contributed by atoms with Crippen LogP contribution in [0.2, 0.25) is 0 Å². The third kappa shape index (κ3) is 4.52. The Morgan fingerprint density at radius 1 is 1.25 bits per heavy atom. The van der Waals surface area contributed by atoms with E-state index in [4.69, 9.17) is 4.98 Å². The van der Waals surface area contributed by atoms with Crippen molar-refractivity contribution in [2.24, 2.45) is 5.92 Å². The number of halogens is 1. The number of fused-ring (bicyclic) bond motifs is 1. The maximum Gasteiger partial charge on any atom is 0.407 e. The molecule has 1 fully saturated rings. The van der Waals surface area contributed by atoms with Crippen molar-refractivity contribution < 1.29 is 14.3 Å². The summed E-state index contributed by atoms with van der Waals surface area (Å²) in [6, 6.07) is 12.2. The minimum atomic E-state index is -0.916. The lowest BCUT2D eigenvalue weighted by atomic mass is 9.97. The highest BCUT2D eigenvalue weighted by molar-refractivity contribution is 5.78. The standard InChI is InChI=1S/C25H28FN3O3/c1-16(2)23-27-22-10-9-17(12-19-7-3-4-8-21(19)26)13-20(22)24(30)29(23)15-18-6-5-11-28(14-18)25(31)32/h3-4,7-10,13,16,18H,5-6,11-12,14-15H2,1-2H3,(H,31,32)/t18-/m1/s1. The van der Waals surface area contributed by atoms with Crippen LogP contribution >= 0.6 is 0 Å². The van der Waals surface area contributed by atoms with Crippen LogP contribution in [0.25, 0.3) is 10.9 Å². The first kappa shape index (κ1) is 22.0. The number of amides is 1. The van der Waals surface area contributed by atoms with Crippen LogP contribution in [0.15, 0.2) is 47.3 Å². The van der Waals surface area contributed by atoms with Crippen LogP contribution in [0.1, 0.15) is 49.6 Å². The fourth-order valence-corrected chi connectivity index (χ4v) is 4.52. The van der Waals surface area contributed by atoms with Crippen molar-refractivity contribution in [3.8, 4) is 0 Å². The van der Waals surface area contributed by atoms with Crippen molar-refractivity contribution in [1.82, 2.24) is 14.5 Å². The molecule has 0 saturated carbocycles. The van der Waals surface area contributed by atoms with Crippen LogP contribution in [0.4, 0.5) is 9.18 Å². The molecule has 1 aliphatic rings. The number of carboxylic acid groups (broad SMARTS) is 1. The molecule has 1 aliphatic heterocycles. The zero-order valence-corrected chi connectivity index (χ0v) is 18.4. The minimum Gasteiger partial charge on any atom is -0.465 e. The van der Waals surface area contributed by atoms with E-state index in [1.54, 1.807) is 22.8 Å². The molecule has 1 amide bonds. The van der Waals surface area contributed by atoms with Crippen LogP contribution in [0.5, 0.6) is 0 Å². The van der Waals surface area contributed by atoms with E-state index in [1.165, 1.54) is 11.0 Å². The third-order valence-corrected chi connectivity index (χ3v) is 6.15. The molecule has 32 heavy (non-hydrogen) atoms. The van der Waals surface area contributed by atoms with Gasteiger partial charge in [0.2, 0.25) is 0 Å². The molecule has 0 radical (unpaired) electrons. The maximum absolute atomic E-state index is 14.1. The van der Waals surface area contributed by atoms with Gasteiger partial charge in [0.1, 0.15) is 11.6 Å². The molecule has 4 rings (SSSR count). The number of hydrogen-bond acceptors (Lipinski definition) is 3. The Morgan fingerprint density at radius 2 is 2.03 bits per heavy atom. The Balaban J connectivity index is 1.71. The van der Waals surface area contributed by atoms with Gasteiger partial charge in [-0.3, -0.25) is 9.36 Å². The van der Waals surface area contributed by atoms with Gasteiger partial charge in [-0.1, -0.05) is 38.1 Å². The van der Waals surface area contributed by atoms with E-state index in [1.807, 2.05) is 32.0 Å². The Kier molecular flexibility index (Phi) is 6.26. The molecular formula is C25H28FN3O3. The van der Waals surface area contributed by atoms with E-state index in [-0.39, 0.29) is 23.2 Å². The average Bonchev–Trinajstić information content (AvgIpc) is 2.77. The van der Waals surface area contributed by atoms with Crippen LogP contribution in [-0.2, 0) is 13.0 Å². The van der Waals surface area contributed by atoms with Gasteiger partial charge in [0, 0.05) is 32.0 Å². The van der Waals surface area contributed by atoms with Crippen molar-refractivity contribution in [3.63, 3.8) is 0 Å². The predicted octanol–water partition coefficient (Wildman–Crippen LogP) is 4.64. The number of benzene rings is 2. The number of carbonyl (C=O) groups is 1. The molecule has 6 nitrogen and oxygen atoms in total.